The normalized spacial score (nSPS) is 51.6. The van der Waals surface area contributed by atoms with Gasteiger partial charge in [0.2, 0.25) is 0 Å². The molecule has 2 aliphatic heterocycles. The molecule has 2 saturated heterocycles. The Kier molecular flexibility index (Phi) is 1.91. The van der Waals surface area contributed by atoms with Crippen molar-refractivity contribution in [2.24, 2.45) is 22.7 Å². The van der Waals surface area contributed by atoms with Gasteiger partial charge in [0.1, 0.15) is 13.2 Å². The molecule has 2 heterocycles. The Balaban J connectivity index is 2.03. The number of ketones is 2. The first-order valence-corrected chi connectivity index (χ1v) is 5.72. The van der Waals surface area contributed by atoms with Crippen molar-refractivity contribution in [1.82, 2.24) is 0 Å². The van der Waals surface area contributed by atoms with Crippen LogP contribution < -0.4 is 0 Å². The summed E-state index contributed by atoms with van der Waals surface area (Å²) in [6, 6.07) is 0. The van der Waals surface area contributed by atoms with Gasteiger partial charge in [0.05, 0.1) is 13.2 Å². The largest absolute Gasteiger partial charge is 0.373 e. The van der Waals surface area contributed by atoms with Crippen LogP contribution in [0, 0.1) is 22.7 Å². The van der Waals surface area contributed by atoms with Gasteiger partial charge in [-0.3, -0.25) is 9.59 Å². The Morgan fingerprint density at radius 2 is 1.31 bits per heavy atom. The Labute approximate surface area is 94.3 Å². The second-order valence-electron chi connectivity index (χ2n) is 5.71. The monoisotopic (exact) mass is 224 g/mol. The summed E-state index contributed by atoms with van der Waals surface area (Å²) < 4.78 is 10.7. The van der Waals surface area contributed by atoms with E-state index in [0.29, 0.717) is 13.2 Å². The van der Waals surface area contributed by atoms with Crippen molar-refractivity contribution < 1.29 is 19.1 Å². The number of carbonyl (C=O) groups excluding carboxylic acids is 2. The number of rotatable bonds is 0. The van der Waals surface area contributed by atoms with Gasteiger partial charge < -0.3 is 9.47 Å². The highest BCUT2D eigenvalue weighted by Gasteiger charge is 2.73. The van der Waals surface area contributed by atoms with Gasteiger partial charge in [-0.15, -0.1) is 0 Å². The molecule has 0 radical (unpaired) electrons. The van der Waals surface area contributed by atoms with Crippen molar-refractivity contribution in [2.45, 2.75) is 13.8 Å². The van der Waals surface area contributed by atoms with Crippen LogP contribution in [0.2, 0.25) is 0 Å². The number of ether oxygens (including phenoxy) is 2. The molecule has 3 fully saturated rings. The predicted molar refractivity (Wildman–Crippen MR) is 54.8 cm³/mol. The third-order valence-electron chi connectivity index (χ3n) is 5.00. The van der Waals surface area contributed by atoms with Crippen LogP contribution in [-0.4, -0.2) is 38.0 Å². The van der Waals surface area contributed by atoms with E-state index in [2.05, 4.69) is 0 Å². The molecule has 16 heavy (non-hydrogen) atoms. The first-order chi connectivity index (χ1) is 7.51. The molecule has 4 nitrogen and oxygen atoms in total. The summed E-state index contributed by atoms with van der Waals surface area (Å²) in [6.45, 7) is 5.56. The van der Waals surface area contributed by atoms with Gasteiger partial charge >= 0.3 is 0 Å². The van der Waals surface area contributed by atoms with Crippen molar-refractivity contribution >= 4 is 11.6 Å². The minimum atomic E-state index is -0.219. The Bertz CT molecular complexity index is 341. The van der Waals surface area contributed by atoms with E-state index in [1.807, 2.05) is 13.8 Å². The quantitative estimate of drug-likeness (QED) is 0.599. The zero-order valence-corrected chi connectivity index (χ0v) is 9.62. The van der Waals surface area contributed by atoms with Crippen LogP contribution in [0.15, 0.2) is 0 Å². The number of Topliss-reactive ketones (excluding diaryl/α,β-unsaturated/α-hetero) is 2. The van der Waals surface area contributed by atoms with E-state index in [9.17, 15) is 9.59 Å². The molecule has 3 rings (SSSR count). The lowest BCUT2D eigenvalue weighted by Gasteiger charge is -2.68. The van der Waals surface area contributed by atoms with Gasteiger partial charge in [0.25, 0.3) is 0 Å². The van der Waals surface area contributed by atoms with Crippen molar-refractivity contribution in [1.29, 1.82) is 0 Å². The van der Waals surface area contributed by atoms with Crippen molar-refractivity contribution in [2.75, 3.05) is 26.4 Å². The minimum absolute atomic E-state index is 0.0893. The summed E-state index contributed by atoms with van der Waals surface area (Å²) in [5, 5.41) is 0. The Morgan fingerprint density at radius 1 is 0.938 bits per heavy atom. The second kappa shape index (κ2) is 2.93. The molecule has 0 aromatic heterocycles. The average molecular weight is 224 g/mol. The van der Waals surface area contributed by atoms with Gasteiger partial charge in [-0.25, -0.2) is 0 Å². The topological polar surface area (TPSA) is 52.6 Å². The van der Waals surface area contributed by atoms with E-state index >= 15 is 0 Å². The molecule has 0 aromatic rings. The van der Waals surface area contributed by atoms with E-state index < -0.39 is 0 Å². The molecule has 0 unspecified atom stereocenters. The summed E-state index contributed by atoms with van der Waals surface area (Å²) >= 11 is 0. The number of carbonyl (C=O) groups is 2. The van der Waals surface area contributed by atoms with Crippen molar-refractivity contribution in [3.8, 4) is 0 Å². The highest BCUT2D eigenvalue weighted by atomic mass is 16.5. The van der Waals surface area contributed by atoms with Crippen LogP contribution in [0.1, 0.15) is 13.8 Å². The number of hydrogen-bond donors (Lipinski definition) is 0. The Hall–Kier alpha value is -0.740. The number of hydrogen-bond acceptors (Lipinski definition) is 4. The molecule has 1 saturated carbocycles. The van der Waals surface area contributed by atoms with Gasteiger partial charge in [0.15, 0.2) is 11.6 Å². The van der Waals surface area contributed by atoms with Crippen LogP contribution in [0.4, 0.5) is 0 Å². The highest BCUT2D eigenvalue weighted by Crippen LogP contribution is 2.67. The molecule has 0 aromatic carbocycles. The molecular weight excluding hydrogens is 208 g/mol. The van der Waals surface area contributed by atoms with Crippen LogP contribution >= 0.6 is 0 Å². The lowest BCUT2D eigenvalue weighted by Crippen LogP contribution is -2.74. The van der Waals surface area contributed by atoms with E-state index in [1.54, 1.807) is 0 Å². The van der Waals surface area contributed by atoms with E-state index in [1.165, 1.54) is 0 Å². The SMILES string of the molecule is C[C@]12COCC(=O)[C@H]1[C@H]1C(=O)COC[C@]12C. The van der Waals surface area contributed by atoms with Crippen molar-refractivity contribution in [3.05, 3.63) is 0 Å². The minimum Gasteiger partial charge on any atom is -0.373 e. The van der Waals surface area contributed by atoms with Crippen LogP contribution in [0.3, 0.4) is 0 Å². The molecular formula is C12H16O4. The summed E-state index contributed by atoms with van der Waals surface area (Å²) in [7, 11) is 0. The third kappa shape index (κ3) is 0.931. The lowest BCUT2D eigenvalue weighted by atomic mass is 9.37. The summed E-state index contributed by atoms with van der Waals surface area (Å²) in [5.74, 6) is -0.0942. The molecule has 4 atom stereocenters. The summed E-state index contributed by atoms with van der Waals surface area (Å²) in [4.78, 5) is 23.8. The molecule has 1 aliphatic carbocycles. The molecule has 4 heteroatoms. The zero-order chi connectivity index (χ0) is 11.6. The standard InChI is InChI=1S/C12H16O4/c1-11-5-15-3-7(13)9(11)10-8(14)4-16-6-12(10,11)2/h9-10H,3-6H2,1-2H3/t9-,10+,11-,12+. The zero-order valence-electron chi connectivity index (χ0n) is 9.62. The molecule has 0 bridgehead atoms. The number of fused-ring (bicyclic) bond motifs is 4. The van der Waals surface area contributed by atoms with Gasteiger partial charge in [-0.2, -0.15) is 0 Å². The van der Waals surface area contributed by atoms with Crippen LogP contribution in [0.5, 0.6) is 0 Å². The van der Waals surface area contributed by atoms with Crippen LogP contribution in [-0.2, 0) is 19.1 Å². The summed E-state index contributed by atoms with van der Waals surface area (Å²) in [5.41, 5.74) is -0.438. The average Bonchev–Trinajstić information content (AvgIpc) is 2.21. The van der Waals surface area contributed by atoms with Crippen molar-refractivity contribution in [3.63, 3.8) is 0 Å². The lowest BCUT2D eigenvalue weighted by molar-refractivity contribution is -0.260. The van der Waals surface area contributed by atoms with Gasteiger partial charge in [-0.05, 0) is 0 Å². The van der Waals surface area contributed by atoms with E-state index in [0.717, 1.165) is 0 Å². The van der Waals surface area contributed by atoms with Gasteiger partial charge in [0, 0.05) is 22.7 Å². The van der Waals surface area contributed by atoms with Crippen LogP contribution in [0.25, 0.3) is 0 Å². The summed E-state index contributed by atoms with van der Waals surface area (Å²) in [6.07, 6.45) is 0. The maximum atomic E-state index is 11.9. The first kappa shape index (κ1) is 10.4. The predicted octanol–water partition coefficient (Wildman–Crippen LogP) is 0.444. The fourth-order valence-corrected chi connectivity index (χ4v) is 3.85. The van der Waals surface area contributed by atoms with E-state index in [-0.39, 0.29) is 47.4 Å². The third-order valence-corrected chi connectivity index (χ3v) is 5.00. The maximum absolute atomic E-state index is 11.9. The molecule has 0 spiro atoms. The highest BCUT2D eigenvalue weighted by molar-refractivity contribution is 5.95. The molecule has 0 amide bonds. The fourth-order valence-electron chi connectivity index (χ4n) is 3.85. The van der Waals surface area contributed by atoms with E-state index in [4.69, 9.17) is 9.47 Å². The molecule has 3 aliphatic rings. The fraction of sp³-hybridized carbons (Fsp3) is 0.833. The molecule has 0 N–H and O–H groups in total. The Morgan fingerprint density at radius 3 is 1.69 bits per heavy atom. The first-order valence-electron chi connectivity index (χ1n) is 5.72. The maximum Gasteiger partial charge on any atom is 0.162 e. The smallest absolute Gasteiger partial charge is 0.162 e. The second-order valence-corrected chi connectivity index (χ2v) is 5.71. The molecule has 88 valence electrons. The van der Waals surface area contributed by atoms with Gasteiger partial charge in [-0.1, -0.05) is 13.8 Å².